The van der Waals surface area contributed by atoms with E-state index in [1.807, 2.05) is 0 Å². The number of ether oxygens (including phenoxy) is 3. The molecular weight excluding hydrogens is 316 g/mol. The minimum atomic E-state index is -1.03. The Balaban J connectivity index is 2.09. The van der Waals surface area contributed by atoms with Gasteiger partial charge in [-0.05, 0) is 19.1 Å². The van der Waals surface area contributed by atoms with E-state index in [1.54, 1.807) is 18.2 Å². The predicted octanol–water partition coefficient (Wildman–Crippen LogP) is 1.08. The van der Waals surface area contributed by atoms with Gasteiger partial charge in [-0.25, -0.2) is 10.2 Å². The van der Waals surface area contributed by atoms with Gasteiger partial charge in [0, 0.05) is 18.9 Å². The summed E-state index contributed by atoms with van der Waals surface area (Å²) in [6.07, 6.45) is -0.694. The van der Waals surface area contributed by atoms with Crippen LogP contribution in [-0.2, 0) is 14.3 Å². The summed E-state index contributed by atoms with van der Waals surface area (Å²) >= 11 is 0. The van der Waals surface area contributed by atoms with Crippen molar-refractivity contribution < 1.29 is 28.6 Å². The summed E-state index contributed by atoms with van der Waals surface area (Å²) in [6.45, 7) is 1.46. The summed E-state index contributed by atoms with van der Waals surface area (Å²) in [5.74, 6) is -0.546. The molecule has 1 aliphatic heterocycles. The minimum absolute atomic E-state index is 0.0796. The van der Waals surface area contributed by atoms with Crippen molar-refractivity contribution in [3.63, 3.8) is 0 Å². The number of ketones is 1. The van der Waals surface area contributed by atoms with Gasteiger partial charge >= 0.3 is 5.97 Å². The molecule has 0 saturated carbocycles. The lowest BCUT2D eigenvalue weighted by Gasteiger charge is -2.16. The fourth-order valence-corrected chi connectivity index (χ4v) is 2.12. The van der Waals surface area contributed by atoms with Gasteiger partial charge in [0.15, 0.2) is 6.10 Å². The van der Waals surface area contributed by atoms with Gasteiger partial charge < -0.3 is 14.2 Å². The topological polar surface area (TPSA) is 103 Å². The zero-order chi connectivity index (χ0) is 17.7. The van der Waals surface area contributed by atoms with E-state index in [4.69, 9.17) is 14.2 Å². The summed E-state index contributed by atoms with van der Waals surface area (Å²) in [7, 11) is 2.94. The van der Waals surface area contributed by atoms with Gasteiger partial charge in [-0.3, -0.25) is 9.59 Å². The maximum atomic E-state index is 12.5. The lowest BCUT2D eigenvalue weighted by Crippen LogP contribution is -2.34. The van der Waals surface area contributed by atoms with Gasteiger partial charge in [0.2, 0.25) is 11.7 Å². The molecular formula is C16H18N2O6. The van der Waals surface area contributed by atoms with Crippen molar-refractivity contribution in [2.75, 3.05) is 14.2 Å². The van der Waals surface area contributed by atoms with Crippen molar-refractivity contribution in [2.45, 2.75) is 25.9 Å². The molecule has 1 aliphatic rings. The second-order valence-electron chi connectivity index (χ2n) is 5.07. The summed E-state index contributed by atoms with van der Waals surface area (Å²) < 4.78 is 15.4. The summed E-state index contributed by atoms with van der Waals surface area (Å²) in [5.41, 5.74) is 2.56. The molecule has 8 nitrogen and oxygen atoms in total. The number of hydrazone groups is 1. The fourth-order valence-electron chi connectivity index (χ4n) is 2.12. The number of benzene rings is 1. The normalized spacial score (nSPS) is 15.0. The molecule has 0 fully saturated rings. The molecule has 1 atom stereocenters. The van der Waals surface area contributed by atoms with E-state index in [2.05, 4.69) is 10.5 Å². The Morgan fingerprint density at radius 3 is 2.54 bits per heavy atom. The summed E-state index contributed by atoms with van der Waals surface area (Å²) in [4.78, 5) is 35.5. The highest BCUT2D eigenvalue weighted by molar-refractivity contribution is 6.37. The van der Waals surface area contributed by atoms with Crippen LogP contribution in [0, 0.1) is 0 Å². The van der Waals surface area contributed by atoms with E-state index in [1.165, 1.54) is 21.1 Å². The Hall–Kier alpha value is -2.90. The van der Waals surface area contributed by atoms with Crippen LogP contribution < -0.4 is 14.9 Å². The van der Waals surface area contributed by atoms with Crippen molar-refractivity contribution in [1.29, 1.82) is 0 Å². The molecule has 1 aromatic carbocycles. The van der Waals surface area contributed by atoms with Crippen LogP contribution in [0.5, 0.6) is 11.5 Å². The molecule has 24 heavy (non-hydrogen) atoms. The number of nitrogens with one attached hydrogen (secondary N) is 1. The van der Waals surface area contributed by atoms with Crippen LogP contribution in [0.1, 0.15) is 30.1 Å². The van der Waals surface area contributed by atoms with E-state index < -0.39 is 17.9 Å². The Bertz CT molecular complexity index is 698. The third-order valence-corrected chi connectivity index (χ3v) is 3.47. The van der Waals surface area contributed by atoms with Crippen molar-refractivity contribution in [3.8, 4) is 11.5 Å². The highest BCUT2D eigenvalue weighted by atomic mass is 16.5. The van der Waals surface area contributed by atoms with Gasteiger partial charge in [-0.2, -0.15) is 5.10 Å². The first kappa shape index (κ1) is 17.5. The van der Waals surface area contributed by atoms with E-state index in [-0.39, 0.29) is 30.0 Å². The Labute approximate surface area is 138 Å². The molecule has 2 rings (SSSR count). The van der Waals surface area contributed by atoms with Crippen molar-refractivity contribution in [2.24, 2.45) is 5.10 Å². The number of methoxy groups -OCH3 is 2. The van der Waals surface area contributed by atoms with Gasteiger partial charge in [-0.1, -0.05) is 0 Å². The quantitative estimate of drug-likeness (QED) is 0.617. The smallest absolute Gasteiger partial charge is 0.355 e. The van der Waals surface area contributed by atoms with E-state index in [0.717, 1.165) is 0 Å². The number of carbonyl (C=O) groups excluding carboxylic acids is 3. The molecule has 0 spiro atoms. The highest BCUT2D eigenvalue weighted by Crippen LogP contribution is 2.26. The summed E-state index contributed by atoms with van der Waals surface area (Å²) in [5, 5.41) is 3.64. The molecule has 1 amide bonds. The van der Waals surface area contributed by atoms with Crippen molar-refractivity contribution in [3.05, 3.63) is 23.8 Å². The van der Waals surface area contributed by atoms with Crippen LogP contribution in [-0.4, -0.2) is 43.7 Å². The molecule has 0 radical (unpaired) electrons. The molecule has 1 heterocycles. The monoisotopic (exact) mass is 334 g/mol. The standard InChI is InChI=1S/C16H18N2O6/c1-9(24-16(21)12-6-7-14(19)18-17-12)15(20)11-5-4-10(22-2)8-13(11)23-3/h4-5,8-9H,6-7H2,1-3H3,(H,18,19)/t9-/m1/s1. The number of hydrogen-bond acceptors (Lipinski definition) is 7. The number of Topliss-reactive ketones (excluding diaryl/α,β-unsaturated/α-hetero) is 1. The average molecular weight is 334 g/mol. The molecule has 128 valence electrons. The molecule has 1 aromatic rings. The first-order valence-electron chi connectivity index (χ1n) is 7.29. The van der Waals surface area contributed by atoms with Crippen molar-refractivity contribution >= 4 is 23.4 Å². The molecule has 0 saturated heterocycles. The largest absolute Gasteiger partial charge is 0.497 e. The molecule has 0 aliphatic carbocycles. The van der Waals surface area contributed by atoms with Gasteiger partial charge in [0.1, 0.15) is 17.2 Å². The van der Waals surface area contributed by atoms with Crippen LogP contribution in [0.25, 0.3) is 0 Å². The number of hydrogen-bond donors (Lipinski definition) is 1. The second-order valence-corrected chi connectivity index (χ2v) is 5.07. The zero-order valence-corrected chi connectivity index (χ0v) is 13.6. The van der Waals surface area contributed by atoms with Crippen LogP contribution in [0.15, 0.2) is 23.3 Å². The molecule has 0 bridgehead atoms. The Kier molecular flexibility index (Phi) is 5.51. The van der Waals surface area contributed by atoms with Gasteiger partial charge in [0.05, 0.1) is 19.8 Å². The van der Waals surface area contributed by atoms with Gasteiger partial charge in [-0.15, -0.1) is 0 Å². The number of rotatable bonds is 6. The van der Waals surface area contributed by atoms with Crippen LogP contribution in [0.3, 0.4) is 0 Å². The van der Waals surface area contributed by atoms with Crippen LogP contribution in [0.2, 0.25) is 0 Å². The predicted molar refractivity (Wildman–Crippen MR) is 84.2 cm³/mol. The maximum Gasteiger partial charge on any atom is 0.355 e. The SMILES string of the molecule is COc1ccc(C(=O)[C@@H](C)OC(=O)C2=NNC(=O)CC2)c(OC)c1. The Morgan fingerprint density at radius 2 is 1.96 bits per heavy atom. The van der Waals surface area contributed by atoms with Gasteiger partial charge in [0.25, 0.3) is 0 Å². The average Bonchev–Trinajstić information content (AvgIpc) is 2.60. The number of carbonyl (C=O) groups is 3. The first-order valence-corrected chi connectivity index (χ1v) is 7.29. The first-order chi connectivity index (χ1) is 11.5. The van der Waals surface area contributed by atoms with E-state index in [0.29, 0.717) is 11.5 Å². The number of esters is 1. The van der Waals surface area contributed by atoms with E-state index in [9.17, 15) is 14.4 Å². The Morgan fingerprint density at radius 1 is 1.21 bits per heavy atom. The minimum Gasteiger partial charge on any atom is -0.497 e. The number of amides is 1. The summed E-state index contributed by atoms with van der Waals surface area (Å²) in [6, 6.07) is 4.73. The zero-order valence-electron chi connectivity index (χ0n) is 13.6. The molecule has 1 N–H and O–H groups in total. The maximum absolute atomic E-state index is 12.5. The third kappa shape index (κ3) is 3.89. The molecule has 0 aromatic heterocycles. The molecule has 0 unspecified atom stereocenters. The second kappa shape index (κ2) is 7.58. The van der Waals surface area contributed by atoms with Crippen molar-refractivity contribution in [1.82, 2.24) is 5.43 Å². The van der Waals surface area contributed by atoms with E-state index >= 15 is 0 Å². The highest BCUT2D eigenvalue weighted by Gasteiger charge is 2.26. The van der Waals surface area contributed by atoms with Crippen LogP contribution in [0.4, 0.5) is 0 Å². The lowest BCUT2D eigenvalue weighted by molar-refractivity contribution is -0.138. The fraction of sp³-hybridized carbons (Fsp3) is 0.375. The third-order valence-electron chi connectivity index (χ3n) is 3.47. The lowest BCUT2D eigenvalue weighted by atomic mass is 10.1. The van der Waals surface area contributed by atoms with Crippen LogP contribution >= 0.6 is 0 Å². The number of nitrogens with zero attached hydrogens (tertiary/aromatic N) is 1. The molecule has 8 heteroatoms.